The quantitative estimate of drug-likeness (QED) is 0.506. The number of nitrogens with one attached hydrogen (secondary N) is 1. The van der Waals surface area contributed by atoms with Crippen molar-refractivity contribution in [3.63, 3.8) is 0 Å². The molecule has 0 unspecified atom stereocenters. The summed E-state index contributed by atoms with van der Waals surface area (Å²) in [5, 5.41) is 23.0. The van der Waals surface area contributed by atoms with Crippen LogP contribution in [0, 0.1) is 10.1 Å². The lowest BCUT2D eigenvalue weighted by atomic mass is 10.1. The van der Waals surface area contributed by atoms with Crippen LogP contribution >= 0.6 is 27.5 Å². The summed E-state index contributed by atoms with van der Waals surface area (Å²) in [6.07, 6.45) is -0.126. The number of hydrogen-bond acceptors (Lipinski definition) is 4. The molecule has 0 aliphatic carbocycles. The van der Waals surface area contributed by atoms with Gasteiger partial charge < -0.3 is 10.4 Å². The molecule has 0 aromatic heterocycles. The average molecular weight is 442 g/mol. The van der Waals surface area contributed by atoms with Crippen molar-refractivity contribution in [2.24, 2.45) is 0 Å². The standard InChI is InChI=1S/C17H14BrClN2O5/c18-14-5-4-12(19)8-11(14)9-15(17(23)24)20-16(22)7-10-2-1-3-13(6-10)21(25)26/h1-6,8,15H,7,9H2,(H,20,22)(H,23,24)/t15-/m0/s1. The lowest BCUT2D eigenvalue weighted by Gasteiger charge is -2.16. The topological polar surface area (TPSA) is 110 Å². The lowest BCUT2D eigenvalue weighted by molar-refractivity contribution is -0.384. The number of hydrogen-bond donors (Lipinski definition) is 2. The summed E-state index contributed by atoms with van der Waals surface area (Å²) in [7, 11) is 0. The Balaban J connectivity index is 2.08. The van der Waals surface area contributed by atoms with Crippen molar-refractivity contribution in [2.45, 2.75) is 18.9 Å². The molecule has 1 atom stereocenters. The molecule has 0 bridgehead atoms. The van der Waals surface area contributed by atoms with Crippen molar-refractivity contribution in [2.75, 3.05) is 0 Å². The summed E-state index contributed by atoms with van der Waals surface area (Å²) in [4.78, 5) is 33.9. The molecular weight excluding hydrogens is 428 g/mol. The van der Waals surface area contributed by atoms with E-state index in [0.717, 1.165) is 0 Å². The molecule has 2 aromatic rings. The van der Waals surface area contributed by atoms with Gasteiger partial charge in [0.2, 0.25) is 5.91 Å². The zero-order valence-corrected chi connectivity index (χ0v) is 15.7. The van der Waals surface area contributed by atoms with Crippen molar-refractivity contribution in [1.29, 1.82) is 0 Å². The number of non-ortho nitro benzene ring substituents is 1. The number of aliphatic carboxylic acids is 1. The van der Waals surface area contributed by atoms with Crippen LogP contribution in [0.15, 0.2) is 46.9 Å². The van der Waals surface area contributed by atoms with Gasteiger partial charge in [0.1, 0.15) is 6.04 Å². The van der Waals surface area contributed by atoms with Gasteiger partial charge in [-0.25, -0.2) is 4.79 Å². The largest absolute Gasteiger partial charge is 0.480 e. The highest BCUT2D eigenvalue weighted by molar-refractivity contribution is 9.10. The third-order valence-corrected chi connectivity index (χ3v) is 4.56. The molecule has 0 heterocycles. The molecule has 0 spiro atoms. The van der Waals surface area contributed by atoms with E-state index in [0.29, 0.717) is 20.6 Å². The number of nitro groups is 1. The number of benzene rings is 2. The fourth-order valence-corrected chi connectivity index (χ4v) is 2.93. The van der Waals surface area contributed by atoms with Gasteiger partial charge in [-0.1, -0.05) is 39.7 Å². The predicted molar refractivity (Wildman–Crippen MR) is 99.2 cm³/mol. The van der Waals surface area contributed by atoms with Gasteiger partial charge in [0.05, 0.1) is 11.3 Å². The molecule has 9 heteroatoms. The normalized spacial score (nSPS) is 11.6. The van der Waals surface area contributed by atoms with Crippen molar-refractivity contribution in [3.8, 4) is 0 Å². The van der Waals surface area contributed by atoms with E-state index in [4.69, 9.17) is 11.6 Å². The first kappa shape index (κ1) is 19.9. The van der Waals surface area contributed by atoms with Crippen molar-refractivity contribution in [1.82, 2.24) is 5.32 Å². The Labute approximate surface area is 162 Å². The van der Waals surface area contributed by atoms with Gasteiger partial charge in [0.15, 0.2) is 0 Å². The third-order valence-electron chi connectivity index (χ3n) is 3.55. The number of carbonyl (C=O) groups excluding carboxylic acids is 1. The fraction of sp³-hybridized carbons (Fsp3) is 0.176. The van der Waals surface area contributed by atoms with Gasteiger partial charge >= 0.3 is 5.97 Å². The van der Waals surface area contributed by atoms with E-state index >= 15 is 0 Å². The van der Waals surface area contributed by atoms with Crippen LogP contribution in [0.4, 0.5) is 5.69 Å². The molecule has 2 N–H and O–H groups in total. The third kappa shape index (κ3) is 5.53. The molecule has 26 heavy (non-hydrogen) atoms. The number of rotatable bonds is 7. The molecule has 0 saturated heterocycles. The van der Waals surface area contributed by atoms with Crippen LogP contribution < -0.4 is 5.32 Å². The van der Waals surface area contributed by atoms with Crippen LogP contribution in [0.3, 0.4) is 0 Å². The van der Waals surface area contributed by atoms with Crippen LogP contribution in [0.25, 0.3) is 0 Å². The Hall–Kier alpha value is -2.45. The Kier molecular flexibility index (Phi) is 6.70. The number of nitrogens with zero attached hydrogens (tertiary/aromatic N) is 1. The van der Waals surface area contributed by atoms with E-state index in [1.807, 2.05) is 0 Å². The van der Waals surface area contributed by atoms with Gasteiger partial charge in [0, 0.05) is 28.0 Å². The number of halogens is 2. The van der Waals surface area contributed by atoms with E-state index < -0.39 is 22.8 Å². The Morgan fingerprint density at radius 3 is 2.65 bits per heavy atom. The van der Waals surface area contributed by atoms with Crippen LogP contribution in [0.2, 0.25) is 5.02 Å². The van der Waals surface area contributed by atoms with Crippen LogP contribution in [0.5, 0.6) is 0 Å². The summed E-state index contributed by atoms with van der Waals surface area (Å²) >= 11 is 9.24. The highest BCUT2D eigenvalue weighted by atomic mass is 79.9. The summed E-state index contributed by atoms with van der Waals surface area (Å²) in [6, 6.07) is 9.45. The predicted octanol–water partition coefficient (Wildman–Crippen LogP) is 3.37. The Morgan fingerprint density at radius 2 is 2.00 bits per heavy atom. The molecule has 7 nitrogen and oxygen atoms in total. The second-order valence-electron chi connectivity index (χ2n) is 5.50. The van der Waals surface area contributed by atoms with Gasteiger partial charge in [0.25, 0.3) is 5.69 Å². The monoisotopic (exact) mass is 440 g/mol. The van der Waals surface area contributed by atoms with E-state index in [2.05, 4.69) is 21.2 Å². The second kappa shape index (κ2) is 8.77. The Bertz CT molecular complexity index is 859. The summed E-state index contributed by atoms with van der Waals surface area (Å²) in [5.74, 6) is -1.74. The summed E-state index contributed by atoms with van der Waals surface area (Å²) in [5.41, 5.74) is 0.929. The molecule has 136 valence electrons. The summed E-state index contributed by atoms with van der Waals surface area (Å²) < 4.78 is 0.682. The highest BCUT2D eigenvalue weighted by Gasteiger charge is 2.22. The molecule has 0 aliphatic rings. The van der Waals surface area contributed by atoms with Crippen LogP contribution in [-0.4, -0.2) is 27.9 Å². The van der Waals surface area contributed by atoms with Gasteiger partial charge in [-0.3, -0.25) is 14.9 Å². The van der Waals surface area contributed by atoms with E-state index in [1.54, 1.807) is 24.3 Å². The fourth-order valence-electron chi connectivity index (χ4n) is 2.33. The smallest absolute Gasteiger partial charge is 0.326 e. The maximum absolute atomic E-state index is 12.2. The molecule has 0 fully saturated rings. The SMILES string of the molecule is O=C(Cc1cccc([N+](=O)[O-])c1)N[C@@H](Cc1cc(Cl)ccc1Br)C(=O)O. The maximum atomic E-state index is 12.2. The highest BCUT2D eigenvalue weighted by Crippen LogP contribution is 2.22. The average Bonchev–Trinajstić information content (AvgIpc) is 2.57. The molecule has 0 radical (unpaired) electrons. The number of carboxylic acids is 1. The molecule has 1 amide bonds. The Morgan fingerprint density at radius 1 is 1.27 bits per heavy atom. The van der Waals surface area contributed by atoms with E-state index in [-0.39, 0.29) is 18.5 Å². The first-order valence-corrected chi connectivity index (χ1v) is 8.63. The van der Waals surface area contributed by atoms with Crippen LogP contribution in [0.1, 0.15) is 11.1 Å². The molecule has 2 aromatic carbocycles. The van der Waals surface area contributed by atoms with Crippen molar-refractivity contribution < 1.29 is 19.6 Å². The minimum Gasteiger partial charge on any atom is -0.480 e. The molecule has 0 aliphatic heterocycles. The summed E-state index contributed by atoms with van der Waals surface area (Å²) in [6.45, 7) is 0. The molecule has 0 saturated carbocycles. The number of nitro benzene ring substituents is 1. The van der Waals surface area contributed by atoms with Gasteiger partial charge in [-0.2, -0.15) is 0 Å². The number of carbonyl (C=O) groups is 2. The lowest BCUT2D eigenvalue weighted by Crippen LogP contribution is -2.43. The number of carboxylic acid groups (broad SMARTS) is 1. The molecular formula is C17H14BrClN2O5. The van der Waals surface area contributed by atoms with Crippen molar-refractivity contribution >= 4 is 45.1 Å². The van der Waals surface area contributed by atoms with Gasteiger partial charge in [-0.05, 0) is 29.3 Å². The van der Waals surface area contributed by atoms with E-state index in [1.165, 1.54) is 18.2 Å². The first-order chi connectivity index (χ1) is 12.3. The minimum absolute atomic E-state index is 0.0388. The zero-order chi connectivity index (χ0) is 19.3. The van der Waals surface area contributed by atoms with Crippen molar-refractivity contribution in [3.05, 3.63) is 73.2 Å². The number of amides is 1. The van der Waals surface area contributed by atoms with Crippen LogP contribution in [-0.2, 0) is 22.4 Å². The minimum atomic E-state index is -1.19. The maximum Gasteiger partial charge on any atom is 0.326 e. The van der Waals surface area contributed by atoms with Gasteiger partial charge in [-0.15, -0.1) is 0 Å². The zero-order valence-electron chi connectivity index (χ0n) is 13.3. The second-order valence-corrected chi connectivity index (χ2v) is 6.79. The van der Waals surface area contributed by atoms with E-state index in [9.17, 15) is 24.8 Å². The molecule has 2 rings (SSSR count). The first-order valence-electron chi connectivity index (χ1n) is 7.45.